The van der Waals surface area contributed by atoms with Crippen molar-refractivity contribution in [3.63, 3.8) is 0 Å². The fourth-order valence-corrected chi connectivity index (χ4v) is 2.87. The lowest BCUT2D eigenvalue weighted by atomic mass is 9.64. The first-order chi connectivity index (χ1) is 8.45. The van der Waals surface area contributed by atoms with Crippen LogP contribution >= 0.6 is 23.2 Å². The summed E-state index contributed by atoms with van der Waals surface area (Å²) in [6.07, 6.45) is 1.34. The summed E-state index contributed by atoms with van der Waals surface area (Å²) in [6.45, 7) is 7.24. The van der Waals surface area contributed by atoms with E-state index in [1.807, 2.05) is 19.1 Å². The summed E-state index contributed by atoms with van der Waals surface area (Å²) in [5, 5.41) is 4.80. The molecule has 2 nitrogen and oxygen atoms in total. The van der Waals surface area contributed by atoms with E-state index in [1.54, 1.807) is 6.07 Å². The molecule has 1 fully saturated rings. The standard InChI is InChI=1S/C14H19Cl2NO/c1-4-18-13-8-12(14(13,2)3)17-11-6-5-9(15)7-10(11)16/h5-7,12-13,17H,4,8H2,1-3H3. The molecular formula is C14H19Cl2NO. The second-order valence-corrected chi connectivity index (χ2v) is 6.17. The summed E-state index contributed by atoms with van der Waals surface area (Å²) in [7, 11) is 0. The van der Waals surface area contributed by atoms with Gasteiger partial charge in [-0.15, -0.1) is 0 Å². The predicted octanol–water partition coefficient (Wildman–Crippen LogP) is 4.61. The maximum absolute atomic E-state index is 6.17. The van der Waals surface area contributed by atoms with Crippen molar-refractivity contribution in [2.24, 2.45) is 5.41 Å². The first-order valence-electron chi connectivity index (χ1n) is 6.28. The Hall–Kier alpha value is -0.440. The fraction of sp³-hybridized carbons (Fsp3) is 0.571. The second-order valence-electron chi connectivity index (χ2n) is 5.32. The molecule has 0 amide bonds. The fourth-order valence-electron chi connectivity index (χ4n) is 2.41. The van der Waals surface area contributed by atoms with Crippen LogP contribution in [-0.4, -0.2) is 18.8 Å². The molecule has 0 heterocycles. The highest BCUT2D eigenvalue weighted by Crippen LogP contribution is 2.45. The number of nitrogens with one attached hydrogen (secondary N) is 1. The molecule has 1 N–H and O–H groups in total. The van der Waals surface area contributed by atoms with E-state index >= 15 is 0 Å². The number of halogens is 2. The summed E-state index contributed by atoms with van der Waals surface area (Å²) in [6, 6.07) is 5.92. The maximum Gasteiger partial charge on any atom is 0.0665 e. The summed E-state index contributed by atoms with van der Waals surface area (Å²) < 4.78 is 5.72. The Morgan fingerprint density at radius 2 is 2.11 bits per heavy atom. The van der Waals surface area contributed by atoms with Crippen LogP contribution in [0.1, 0.15) is 27.2 Å². The van der Waals surface area contributed by atoms with Crippen LogP contribution in [0.3, 0.4) is 0 Å². The van der Waals surface area contributed by atoms with Gasteiger partial charge >= 0.3 is 0 Å². The quantitative estimate of drug-likeness (QED) is 0.873. The Bertz CT molecular complexity index is 434. The lowest BCUT2D eigenvalue weighted by Gasteiger charge is -2.52. The van der Waals surface area contributed by atoms with E-state index < -0.39 is 0 Å². The van der Waals surface area contributed by atoms with E-state index in [1.165, 1.54) is 0 Å². The SMILES string of the molecule is CCOC1CC(Nc2ccc(Cl)cc2Cl)C1(C)C. The molecule has 0 bridgehead atoms. The molecule has 0 spiro atoms. The van der Waals surface area contributed by atoms with Crippen molar-refractivity contribution in [3.8, 4) is 0 Å². The molecular weight excluding hydrogens is 269 g/mol. The van der Waals surface area contributed by atoms with Crippen LogP contribution < -0.4 is 5.32 Å². The van der Waals surface area contributed by atoms with Crippen molar-refractivity contribution in [1.29, 1.82) is 0 Å². The number of ether oxygens (including phenoxy) is 1. The molecule has 1 aliphatic carbocycles. The van der Waals surface area contributed by atoms with Crippen molar-refractivity contribution < 1.29 is 4.74 Å². The monoisotopic (exact) mass is 287 g/mol. The average molecular weight is 288 g/mol. The van der Waals surface area contributed by atoms with Gasteiger partial charge in [-0.2, -0.15) is 0 Å². The molecule has 0 aromatic heterocycles. The molecule has 18 heavy (non-hydrogen) atoms. The minimum atomic E-state index is 0.124. The number of rotatable bonds is 4. The molecule has 1 aromatic rings. The Labute approximate surface area is 119 Å². The normalized spacial score (nSPS) is 25.6. The predicted molar refractivity (Wildman–Crippen MR) is 77.7 cm³/mol. The van der Waals surface area contributed by atoms with Gasteiger partial charge in [-0.05, 0) is 31.5 Å². The molecule has 0 aliphatic heterocycles. The first-order valence-corrected chi connectivity index (χ1v) is 7.04. The molecule has 1 aromatic carbocycles. The summed E-state index contributed by atoms with van der Waals surface area (Å²) in [5.41, 5.74) is 1.06. The highest BCUT2D eigenvalue weighted by molar-refractivity contribution is 6.36. The average Bonchev–Trinajstić information content (AvgIpc) is 2.30. The van der Waals surface area contributed by atoms with Crippen molar-refractivity contribution in [1.82, 2.24) is 0 Å². The van der Waals surface area contributed by atoms with E-state index in [0.29, 0.717) is 22.2 Å². The first kappa shape index (κ1) is 14.0. The van der Waals surface area contributed by atoms with Crippen molar-refractivity contribution >= 4 is 28.9 Å². The Kier molecular flexibility index (Phi) is 4.10. The summed E-state index contributed by atoms with van der Waals surface area (Å²) >= 11 is 12.1. The van der Waals surface area contributed by atoms with Gasteiger partial charge in [0.15, 0.2) is 0 Å². The van der Waals surface area contributed by atoms with E-state index in [4.69, 9.17) is 27.9 Å². The third-order valence-corrected chi connectivity index (χ3v) is 4.35. The Morgan fingerprint density at radius 1 is 1.39 bits per heavy atom. The smallest absolute Gasteiger partial charge is 0.0665 e. The van der Waals surface area contributed by atoms with E-state index in [2.05, 4.69) is 19.2 Å². The Balaban J connectivity index is 2.03. The number of anilines is 1. The van der Waals surface area contributed by atoms with Gasteiger partial charge in [-0.1, -0.05) is 37.0 Å². The van der Waals surface area contributed by atoms with E-state index in [9.17, 15) is 0 Å². The van der Waals surface area contributed by atoms with Crippen molar-refractivity contribution in [2.75, 3.05) is 11.9 Å². The zero-order valence-corrected chi connectivity index (χ0v) is 12.5. The van der Waals surface area contributed by atoms with Crippen molar-refractivity contribution in [2.45, 2.75) is 39.3 Å². The van der Waals surface area contributed by atoms with Gasteiger partial charge in [0, 0.05) is 23.1 Å². The third kappa shape index (κ3) is 2.61. The lowest BCUT2D eigenvalue weighted by molar-refractivity contribution is -0.0975. The highest BCUT2D eigenvalue weighted by Gasteiger charge is 2.48. The van der Waals surface area contributed by atoms with Crippen LogP contribution in [0.15, 0.2) is 18.2 Å². The van der Waals surface area contributed by atoms with Crippen LogP contribution in [-0.2, 0) is 4.74 Å². The maximum atomic E-state index is 6.17. The number of hydrogen-bond donors (Lipinski definition) is 1. The Morgan fingerprint density at radius 3 is 2.67 bits per heavy atom. The summed E-state index contributed by atoms with van der Waals surface area (Å²) in [5.74, 6) is 0. The molecule has 2 unspecified atom stereocenters. The molecule has 1 saturated carbocycles. The topological polar surface area (TPSA) is 21.3 Å². The van der Waals surface area contributed by atoms with Gasteiger partial charge in [0.05, 0.1) is 16.8 Å². The minimum absolute atomic E-state index is 0.124. The van der Waals surface area contributed by atoms with Gasteiger partial charge in [-0.25, -0.2) is 0 Å². The summed E-state index contributed by atoms with van der Waals surface area (Å²) in [4.78, 5) is 0. The van der Waals surface area contributed by atoms with E-state index in [-0.39, 0.29) is 5.41 Å². The minimum Gasteiger partial charge on any atom is -0.380 e. The van der Waals surface area contributed by atoms with Gasteiger partial charge < -0.3 is 10.1 Å². The van der Waals surface area contributed by atoms with Crippen LogP contribution in [0.5, 0.6) is 0 Å². The third-order valence-electron chi connectivity index (χ3n) is 3.81. The molecule has 1 aliphatic rings. The van der Waals surface area contributed by atoms with Crippen LogP contribution in [0.2, 0.25) is 10.0 Å². The van der Waals surface area contributed by atoms with Gasteiger partial charge in [-0.3, -0.25) is 0 Å². The molecule has 0 saturated heterocycles. The van der Waals surface area contributed by atoms with Gasteiger partial charge in [0.25, 0.3) is 0 Å². The molecule has 4 heteroatoms. The van der Waals surface area contributed by atoms with Crippen molar-refractivity contribution in [3.05, 3.63) is 28.2 Å². The molecule has 100 valence electrons. The zero-order valence-electron chi connectivity index (χ0n) is 11.0. The van der Waals surface area contributed by atoms with Gasteiger partial charge in [0.1, 0.15) is 0 Å². The molecule has 2 rings (SSSR count). The zero-order chi connectivity index (χ0) is 13.3. The van der Waals surface area contributed by atoms with Crippen LogP contribution in [0.25, 0.3) is 0 Å². The number of hydrogen-bond acceptors (Lipinski definition) is 2. The second kappa shape index (κ2) is 5.28. The number of benzene rings is 1. The lowest BCUT2D eigenvalue weighted by Crippen LogP contribution is -2.58. The largest absolute Gasteiger partial charge is 0.380 e. The van der Waals surface area contributed by atoms with E-state index in [0.717, 1.165) is 18.7 Å². The van der Waals surface area contributed by atoms with Crippen LogP contribution in [0.4, 0.5) is 5.69 Å². The van der Waals surface area contributed by atoms with Gasteiger partial charge in [0.2, 0.25) is 0 Å². The highest BCUT2D eigenvalue weighted by atomic mass is 35.5. The molecule has 2 atom stereocenters. The molecule has 0 radical (unpaired) electrons. The van der Waals surface area contributed by atoms with Crippen LogP contribution in [0, 0.1) is 5.41 Å².